The van der Waals surface area contributed by atoms with E-state index in [0.29, 0.717) is 52.3 Å². The molecule has 0 bridgehead atoms. The molecule has 2 heterocycles. The fourth-order valence-electron chi connectivity index (χ4n) is 3.83. The Hall–Kier alpha value is -3.03. The van der Waals surface area contributed by atoms with Gasteiger partial charge >= 0.3 is 0 Å². The van der Waals surface area contributed by atoms with Gasteiger partial charge in [-0.2, -0.15) is 0 Å². The molecule has 1 amide bonds. The zero-order valence-corrected chi connectivity index (χ0v) is 19.7. The van der Waals surface area contributed by atoms with Gasteiger partial charge in [-0.15, -0.1) is 4.73 Å². The van der Waals surface area contributed by atoms with Crippen LogP contribution < -0.4 is 15.7 Å². The third kappa shape index (κ3) is 5.31. The van der Waals surface area contributed by atoms with Crippen molar-refractivity contribution in [2.24, 2.45) is 0 Å². The molecular formula is C24H24Cl2N4O3. The third-order valence-electron chi connectivity index (χ3n) is 5.59. The molecule has 0 saturated heterocycles. The van der Waals surface area contributed by atoms with Crippen LogP contribution in [0.5, 0.6) is 0 Å². The molecule has 4 rings (SSSR count). The molecule has 0 saturated carbocycles. The number of aryl methyl sites for hydroxylation is 1. The number of hydrogen-bond acceptors (Lipinski definition) is 5. The summed E-state index contributed by atoms with van der Waals surface area (Å²) in [5.41, 5.74) is 2.57. The van der Waals surface area contributed by atoms with E-state index in [-0.39, 0.29) is 18.0 Å². The van der Waals surface area contributed by atoms with Gasteiger partial charge in [-0.05, 0) is 54.8 Å². The SMILES string of the molecule is COn1c(NCCCc2ccc(Cl)cc2)nc2c(c1=O)CN(C(=O)c1ccc(Cl)cc1)CC2. The molecule has 9 heteroatoms. The number of halogens is 2. The van der Waals surface area contributed by atoms with E-state index >= 15 is 0 Å². The third-order valence-corrected chi connectivity index (χ3v) is 6.10. The molecule has 1 N–H and O–H groups in total. The van der Waals surface area contributed by atoms with Crippen molar-refractivity contribution < 1.29 is 9.63 Å². The number of aromatic nitrogens is 2. The van der Waals surface area contributed by atoms with Crippen LogP contribution in [0.1, 0.15) is 33.6 Å². The fourth-order valence-corrected chi connectivity index (χ4v) is 4.08. The number of fused-ring (bicyclic) bond motifs is 1. The van der Waals surface area contributed by atoms with Crippen LogP contribution in [0.3, 0.4) is 0 Å². The first kappa shape index (κ1) is 23.1. The standard InChI is InChI=1S/C24H24Cl2N4O3/c1-33-30-23(32)20-15-29(22(31)17-6-10-19(26)11-7-17)14-12-21(20)28-24(30)27-13-2-3-16-4-8-18(25)9-5-16/h4-11H,2-3,12-15H2,1H3,(H,27,28). The monoisotopic (exact) mass is 486 g/mol. The molecule has 0 unspecified atom stereocenters. The highest BCUT2D eigenvalue weighted by Gasteiger charge is 2.27. The minimum absolute atomic E-state index is 0.148. The zero-order chi connectivity index (χ0) is 23.4. The smallest absolute Gasteiger partial charge is 0.293 e. The molecule has 172 valence electrons. The summed E-state index contributed by atoms with van der Waals surface area (Å²) in [7, 11) is 1.42. The second kappa shape index (κ2) is 10.3. The Morgan fingerprint density at radius 2 is 1.76 bits per heavy atom. The van der Waals surface area contributed by atoms with Crippen molar-refractivity contribution in [1.29, 1.82) is 0 Å². The Labute approximate surface area is 201 Å². The average molecular weight is 487 g/mol. The molecule has 1 aliphatic heterocycles. The minimum atomic E-state index is -0.309. The summed E-state index contributed by atoms with van der Waals surface area (Å²) in [5.74, 6) is 0.222. The molecule has 0 spiro atoms. The van der Waals surface area contributed by atoms with Crippen LogP contribution in [0.25, 0.3) is 0 Å². The van der Waals surface area contributed by atoms with Gasteiger partial charge in [0.1, 0.15) is 7.11 Å². The first-order valence-corrected chi connectivity index (χ1v) is 11.4. The van der Waals surface area contributed by atoms with E-state index in [0.717, 1.165) is 17.6 Å². The normalized spacial score (nSPS) is 12.9. The number of amides is 1. The minimum Gasteiger partial charge on any atom is -0.411 e. The predicted octanol–water partition coefficient (Wildman–Crippen LogP) is 3.85. The van der Waals surface area contributed by atoms with E-state index in [1.165, 1.54) is 12.7 Å². The predicted molar refractivity (Wildman–Crippen MR) is 129 cm³/mol. The summed E-state index contributed by atoms with van der Waals surface area (Å²) in [6.07, 6.45) is 2.21. The van der Waals surface area contributed by atoms with Gasteiger partial charge < -0.3 is 15.1 Å². The molecule has 1 aliphatic rings. The topological polar surface area (TPSA) is 76.5 Å². The Kier molecular flexibility index (Phi) is 7.20. The summed E-state index contributed by atoms with van der Waals surface area (Å²) in [5, 5.41) is 4.49. The highest BCUT2D eigenvalue weighted by molar-refractivity contribution is 6.30. The number of carbonyl (C=O) groups excluding carboxylic acids is 1. The Bertz CT molecular complexity index is 1190. The average Bonchev–Trinajstić information content (AvgIpc) is 2.83. The van der Waals surface area contributed by atoms with Crippen LogP contribution in [0.15, 0.2) is 53.3 Å². The van der Waals surface area contributed by atoms with Crippen molar-refractivity contribution in [3.8, 4) is 0 Å². The molecule has 2 aromatic carbocycles. The van der Waals surface area contributed by atoms with Gasteiger partial charge in [0.25, 0.3) is 11.5 Å². The second-order valence-electron chi connectivity index (χ2n) is 7.78. The van der Waals surface area contributed by atoms with Gasteiger partial charge in [-0.1, -0.05) is 35.3 Å². The lowest BCUT2D eigenvalue weighted by atomic mass is 10.1. The van der Waals surface area contributed by atoms with Crippen molar-refractivity contribution in [3.05, 3.63) is 91.3 Å². The van der Waals surface area contributed by atoms with E-state index < -0.39 is 0 Å². The number of nitrogens with zero attached hydrogens (tertiary/aromatic N) is 3. The number of nitrogens with one attached hydrogen (secondary N) is 1. The number of rotatable bonds is 7. The van der Waals surface area contributed by atoms with Crippen LogP contribution in [-0.2, 0) is 19.4 Å². The highest BCUT2D eigenvalue weighted by atomic mass is 35.5. The van der Waals surface area contributed by atoms with Crippen molar-refractivity contribution >= 4 is 35.1 Å². The summed E-state index contributed by atoms with van der Waals surface area (Å²) in [4.78, 5) is 37.5. The summed E-state index contributed by atoms with van der Waals surface area (Å²) >= 11 is 11.8. The zero-order valence-electron chi connectivity index (χ0n) is 18.2. The van der Waals surface area contributed by atoms with Crippen LogP contribution in [0, 0.1) is 0 Å². The summed E-state index contributed by atoms with van der Waals surface area (Å²) in [6, 6.07) is 14.5. The number of anilines is 1. The molecule has 0 fully saturated rings. The number of benzene rings is 2. The molecule has 0 aliphatic carbocycles. The molecule has 7 nitrogen and oxygen atoms in total. The van der Waals surface area contributed by atoms with E-state index in [1.54, 1.807) is 29.2 Å². The highest BCUT2D eigenvalue weighted by Crippen LogP contribution is 2.19. The molecule has 3 aromatic rings. The Morgan fingerprint density at radius 3 is 2.42 bits per heavy atom. The van der Waals surface area contributed by atoms with Crippen molar-refractivity contribution in [1.82, 2.24) is 14.6 Å². The van der Waals surface area contributed by atoms with Gasteiger partial charge in [-0.3, -0.25) is 9.59 Å². The van der Waals surface area contributed by atoms with E-state index in [2.05, 4.69) is 10.3 Å². The number of carbonyl (C=O) groups is 1. The van der Waals surface area contributed by atoms with Gasteiger partial charge in [0.15, 0.2) is 0 Å². The first-order valence-electron chi connectivity index (χ1n) is 10.7. The number of hydrogen-bond donors (Lipinski definition) is 1. The first-order chi connectivity index (χ1) is 16.0. The molecule has 1 aromatic heterocycles. The fraction of sp³-hybridized carbons (Fsp3) is 0.292. The van der Waals surface area contributed by atoms with Gasteiger partial charge in [0, 0.05) is 35.1 Å². The summed E-state index contributed by atoms with van der Waals surface area (Å²) in [6.45, 7) is 1.29. The van der Waals surface area contributed by atoms with Gasteiger partial charge in [0.05, 0.1) is 17.8 Å². The van der Waals surface area contributed by atoms with Crippen LogP contribution in [-0.4, -0.2) is 40.7 Å². The lowest BCUT2D eigenvalue weighted by Gasteiger charge is -2.28. The van der Waals surface area contributed by atoms with Crippen molar-refractivity contribution in [2.45, 2.75) is 25.8 Å². The largest absolute Gasteiger partial charge is 0.411 e. The molecule has 33 heavy (non-hydrogen) atoms. The lowest BCUT2D eigenvalue weighted by Crippen LogP contribution is -2.42. The Morgan fingerprint density at radius 1 is 1.09 bits per heavy atom. The quantitative estimate of drug-likeness (QED) is 0.513. The van der Waals surface area contributed by atoms with Crippen LogP contribution in [0.4, 0.5) is 5.95 Å². The summed E-state index contributed by atoms with van der Waals surface area (Å²) < 4.78 is 1.15. The molecule has 0 atom stereocenters. The van der Waals surface area contributed by atoms with Gasteiger partial charge in [-0.25, -0.2) is 4.98 Å². The van der Waals surface area contributed by atoms with E-state index in [4.69, 9.17) is 28.0 Å². The van der Waals surface area contributed by atoms with E-state index in [1.807, 2.05) is 24.3 Å². The maximum Gasteiger partial charge on any atom is 0.293 e. The second-order valence-corrected chi connectivity index (χ2v) is 8.66. The maximum atomic E-state index is 13.1. The van der Waals surface area contributed by atoms with Crippen molar-refractivity contribution in [3.63, 3.8) is 0 Å². The van der Waals surface area contributed by atoms with Crippen molar-refractivity contribution in [2.75, 3.05) is 25.5 Å². The Balaban J connectivity index is 1.45. The maximum absolute atomic E-state index is 13.1. The lowest BCUT2D eigenvalue weighted by molar-refractivity contribution is 0.0728. The van der Waals surface area contributed by atoms with E-state index in [9.17, 15) is 9.59 Å². The van der Waals surface area contributed by atoms with Crippen LogP contribution >= 0.6 is 23.2 Å². The molecule has 0 radical (unpaired) electrons. The van der Waals surface area contributed by atoms with Gasteiger partial charge in [0.2, 0.25) is 5.95 Å². The van der Waals surface area contributed by atoms with Crippen LogP contribution in [0.2, 0.25) is 10.0 Å². The molecular weight excluding hydrogens is 463 g/mol.